The van der Waals surface area contributed by atoms with Gasteiger partial charge < -0.3 is 10.2 Å². The van der Waals surface area contributed by atoms with Crippen LogP contribution in [0, 0.1) is 13.8 Å². The molecule has 1 aromatic rings. The number of nitrogens with zero attached hydrogens (tertiary/aromatic N) is 1. The van der Waals surface area contributed by atoms with Gasteiger partial charge in [0.1, 0.15) is 0 Å². The van der Waals surface area contributed by atoms with E-state index >= 15 is 0 Å². The van der Waals surface area contributed by atoms with Crippen LogP contribution in [0.25, 0.3) is 0 Å². The van der Waals surface area contributed by atoms with Gasteiger partial charge in [-0.25, -0.2) is 0 Å². The van der Waals surface area contributed by atoms with Crippen molar-refractivity contribution in [2.45, 2.75) is 46.2 Å². The molecule has 1 aliphatic heterocycles. The van der Waals surface area contributed by atoms with Gasteiger partial charge in [-0.1, -0.05) is 26.0 Å². The van der Waals surface area contributed by atoms with Gasteiger partial charge in [0.05, 0.1) is 0 Å². The summed E-state index contributed by atoms with van der Waals surface area (Å²) in [7, 11) is 0. The highest BCUT2D eigenvalue weighted by Crippen LogP contribution is 2.27. The van der Waals surface area contributed by atoms with Gasteiger partial charge in [0, 0.05) is 30.7 Å². The highest BCUT2D eigenvalue weighted by molar-refractivity contribution is 5.97. The lowest BCUT2D eigenvalue weighted by molar-refractivity contribution is -0.117. The van der Waals surface area contributed by atoms with E-state index in [0.29, 0.717) is 12.5 Å². The summed E-state index contributed by atoms with van der Waals surface area (Å²) in [5, 5.41) is 3.44. The molecule has 1 unspecified atom stereocenters. The van der Waals surface area contributed by atoms with E-state index in [1.165, 1.54) is 11.1 Å². The summed E-state index contributed by atoms with van der Waals surface area (Å²) in [6.45, 7) is 9.18. The average Bonchev–Trinajstić information content (AvgIpc) is 2.62. The van der Waals surface area contributed by atoms with E-state index in [-0.39, 0.29) is 11.9 Å². The molecule has 2 rings (SSSR count). The Morgan fingerprint density at radius 2 is 2.06 bits per heavy atom. The van der Waals surface area contributed by atoms with Gasteiger partial charge in [0.25, 0.3) is 0 Å². The van der Waals surface area contributed by atoms with Crippen LogP contribution in [0.2, 0.25) is 0 Å². The quantitative estimate of drug-likeness (QED) is 0.888. The van der Waals surface area contributed by atoms with Crippen LogP contribution in [-0.2, 0) is 4.79 Å². The van der Waals surface area contributed by atoms with Crippen molar-refractivity contribution in [2.75, 3.05) is 11.4 Å². The van der Waals surface area contributed by atoms with E-state index < -0.39 is 0 Å². The van der Waals surface area contributed by atoms with E-state index in [4.69, 9.17) is 0 Å². The summed E-state index contributed by atoms with van der Waals surface area (Å²) >= 11 is 0. The van der Waals surface area contributed by atoms with Gasteiger partial charge in [-0.15, -0.1) is 0 Å². The zero-order valence-corrected chi connectivity index (χ0v) is 11.7. The first-order valence-corrected chi connectivity index (χ1v) is 6.61. The van der Waals surface area contributed by atoms with E-state index in [0.717, 1.165) is 12.2 Å². The lowest BCUT2D eigenvalue weighted by atomic mass is 10.1. The number of nitrogens with one attached hydrogen (secondary N) is 1. The maximum Gasteiger partial charge on any atom is 0.228 e. The van der Waals surface area contributed by atoms with Crippen molar-refractivity contribution >= 4 is 11.6 Å². The highest BCUT2D eigenvalue weighted by atomic mass is 16.2. The maximum atomic E-state index is 12.1. The molecular weight excluding hydrogens is 224 g/mol. The number of carbonyl (C=O) groups is 1. The second-order valence-corrected chi connectivity index (χ2v) is 5.45. The fraction of sp³-hybridized carbons (Fsp3) is 0.533. The van der Waals surface area contributed by atoms with Crippen molar-refractivity contribution in [2.24, 2.45) is 0 Å². The van der Waals surface area contributed by atoms with Crippen LogP contribution in [0.4, 0.5) is 5.69 Å². The third kappa shape index (κ3) is 2.56. The molecule has 0 aromatic heterocycles. The molecule has 0 bridgehead atoms. The Bertz CT molecular complexity index is 454. The zero-order valence-electron chi connectivity index (χ0n) is 11.7. The Labute approximate surface area is 109 Å². The molecule has 0 spiro atoms. The topological polar surface area (TPSA) is 32.3 Å². The fourth-order valence-corrected chi connectivity index (χ4v) is 2.55. The molecule has 18 heavy (non-hydrogen) atoms. The van der Waals surface area contributed by atoms with Crippen LogP contribution in [0.15, 0.2) is 18.2 Å². The molecule has 1 N–H and O–H groups in total. The van der Waals surface area contributed by atoms with Crippen molar-refractivity contribution < 1.29 is 4.79 Å². The Balaban J connectivity index is 2.19. The second-order valence-electron chi connectivity index (χ2n) is 5.45. The van der Waals surface area contributed by atoms with Crippen molar-refractivity contribution in [1.82, 2.24) is 5.32 Å². The molecule has 1 aromatic carbocycles. The summed E-state index contributed by atoms with van der Waals surface area (Å²) in [4.78, 5) is 14.0. The van der Waals surface area contributed by atoms with Gasteiger partial charge in [-0.2, -0.15) is 0 Å². The number of hydrogen-bond donors (Lipinski definition) is 1. The van der Waals surface area contributed by atoms with E-state index in [9.17, 15) is 4.79 Å². The van der Waals surface area contributed by atoms with Gasteiger partial charge in [0.15, 0.2) is 0 Å². The molecule has 1 atom stereocenters. The summed E-state index contributed by atoms with van der Waals surface area (Å²) in [6.07, 6.45) is 0.603. The van der Waals surface area contributed by atoms with E-state index in [1.54, 1.807) is 0 Å². The molecule has 0 saturated carbocycles. The zero-order chi connectivity index (χ0) is 13.3. The molecule has 98 valence electrons. The third-order valence-corrected chi connectivity index (χ3v) is 3.56. The van der Waals surface area contributed by atoms with Crippen LogP contribution >= 0.6 is 0 Å². The van der Waals surface area contributed by atoms with Crippen LogP contribution in [0.1, 0.15) is 31.4 Å². The normalized spacial score (nSPS) is 19.9. The van der Waals surface area contributed by atoms with E-state index in [2.05, 4.69) is 39.1 Å². The molecule has 0 radical (unpaired) electrons. The lowest BCUT2D eigenvalue weighted by Crippen LogP contribution is -2.37. The molecular formula is C15H22N2O. The second kappa shape index (κ2) is 5.11. The van der Waals surface area contributed by atoms with Crippen LogP contribution in [0.3, 0.4) is 0 Å². The molecule has 1 fully saturated rings. The monoisotopic (exact) mass is 246 g/mol. The molecule has 3 nitrogen and oxygen atoms in total. The SMILES string of the molecule is Cc1cccc(N2CC(NC(C)C)CC2=O)c1C. The fourth-order valence-electron chi connectivity index (χ4n) is 2.55. The molecule has 1 saturated heterocycles. The lowest BCUT2D eigenvalue weighted by Gasteiger charge is -2.21. The predicted octanol–water partition coefficient (Wildman–Crippen LogP) is 2.41. The third-order valence-electron chi connectivity index (χ3n) is 3.56. The maximum absolute atomic E-state index is 12.1. The Kier molecular flexibility index (Phi) is 3.71. The number of carbonyl (C=O) groups excluding carboxylic acids is 1. The van der Waals surface area contributed by atoms with Gasteiger partial charge in [0.2, 0.25) is 5.91 Å². The smallest absolute Gasteiger partial charge is 0.228 e. The summed E-state index contributed by atoms with van der Waals surface area (Å²) < 4.78 is 0. The van der Waals surface area contributed by atoms with Crippen molar-refractivity contribution in [1.29, 1.82) is 0 Å². The molecule has 1 amide bonds. The van der Waals surface area contributed by atoms with E-state index in [1.807, 2.05) is 17.0 Å². The Morgan fingerprint density at radius 3 is 2.72 bits per heavy atom. The summed E-state index contributed by atoms with van der Waals surface area (Å²) in [5.74, 6) is 0.224. The molecule has 1 aliphatic rings. The standard InChI is InChI=1S/C15H22N2O/c1-10(2)16-13-8-15(18)17(9-13)14-7-5-6-11(3)12(14)4/h5-7,10,13,16H,8-9H2,1-4H3. The first kappa shape index (κ1) is 13.1. The number of aryl methyl sites for hydroxylation is 1. The van der Waals surface area contributed by atoms with Gasteiger partial charge in [-0.3, -0.25) is 4.79 Å². The largest absolute Gasteiger partial charge is 0.311 e. The van der Waals surface area contributed by atoms with Crippen molar-refractivity contribution in [3.63, 3.8) is 0 Å². The highest BCUT2D eigenvalue weighted by Gasteiger charge is 2.31. The van der Waals surface area contributed by atoms with Crippen LogP contribution in [0.5, 0.6) is 0 Å². The minimum Gasteiger partial charge on any atom is -0.311 e. The predicted molar refractivity (Wildman–Crippen MR) is 74.9 cm³/mol. The molecule has 0 aliphatic carbocycles. The van der Waals surface area contributed by atoms with Crippen molar-refractivity contribution in [3.05, 3.63) is 29.3 Å². The first-order valence-electron chi connectivity index (χ1n) is 6.61. The summed E-state index contributed by atoms with van der Waals surface area (Å²) in [5.41, 5.74) is 3.50. The first-order chi connectivity index (χ1) is 8.49. The Hall–Kier alpha value is -1.35. The minimum atomic E-state index is 0.224. The molecule has 3 heteroatoms. The summed E-state index contributed by atoms with van der Waals surface area (Å²) in [6, 6.07) is 6.84. The number of hydrogen-bond acceptors (Lipinski definition) is 2. The van der Waals surface area contributed by atoms with Crippen molar-refractivity contribution in [3.8, 4) is 0 Å². The van der Waals surface area contributed by atoms with Gasteiger partial charge in [-0.05, 0) is 31.0 Å². The number of rotatable bonds is 3. The number of anilines is 1. The van der Waals surface area contributed by atoms with Crippen LogP contribution < -0.4 is 10.2 Å². The molecule has 1 heterocycles. The Morgan fingerprint density at radius 1 is 1.33 bits per heavy atom. The van der Waals surface area contributed by atoms with Crippen LogP contribution in [-0.4, -0.2) is 24.5 Å². The average molecular weight is 246 g/mol. The van der Waals surface area contributed by atoms with Gasteiger partial charge >= 0.3 is 0 Å². The number of benzene rings is 1. The number of amides is 1. The minimum absolute atomic E-state index is 0.224.